The molecule has 0 heterocycles. The van der Waals surface area contributed by atoms with Crippen LogP contribution in [-0.2, 0) is 14.6 Å². The Balaban J connectivity index is 2.68. The Hall–Kier alpha value is -0.170. The minimum atomic E-state index is -2.90. The monoisotopic (exact) mass is 320 g/mol. The number of rotatable bonds is 9. The lowest BCUT2D eigenvalue weighted by Crippen LogP contribution is -2.55. The van der Waals surface area contributed by atoms with E-state index in [2.05, 4.69) is 5.43 Å². The summed E-state index contributed by atoms with van der Waals surface area (Å²) in [6.07, 6.45) is 8.21. The molecule has 1 aliphatic carbocycles. The van der Waals surface area contributed by atoms with Crippen LogP contribution in [0.4, 0.5) is 0 Å². The zero-order valence-corrected chi connectivity index (χ0v) is 14.4. The molecule has 21 heavy (non-hydrogen) atoms. The maximum atomic E-state index is 11.6. The molecule has 0 aromatic rings. The molecule has 0 spiro atoms. The number of nitrogens with one attached hydrogen (secondary N) is 1. The molecule has 1 aliphatic rings. The Morgan fingerprint density at radius 3 is 2.29 bits per heavy atom. The molecule has 0 radical (unpaired) electrons. The highest BCUT2D eigenvalue weighted by Crippen LogP contribution is 2.35. The maximum Gasteiger partial charge on any atom is 0.150 e. The van der Waals surface area contributed by atoms with Crippen LogP contribution < -0.4 is 11.3 Å². The van der Waals surface area contributed by atoms with E-state index >= 15 is 0 Å². The molecular weight excluding hydrogens is 288 g/mol. The van der Waals surface area contributed by atoms with Crippen LogP contribution in [0.25, 0.3) is 0 Å². The van der Waals surface area contributed by atoms with Gasteiger partial charge in [-0.25, -0.2) is 8.42 Å². The average molecular weight is 320 g/mol. The third-order valence-corrected chi connectivity index (χ3v) is 6.40. The first kappa shape index (κ1) is 18.9. The minimum absolute atomic E-state index is 0.0302. The van der Waals surface area contributed by atoms with Gasteiger partial charge in [-0.05, 0) is 32.6 Å². The Labute approximate surface area is 129 Å². The summed E-state index contributed by atoms with van der Waals surface area (Å²) < 4.78 is 29.4. The third-order valence-electron chi connectivity index (χ3n) is 4.61. The van der Waals surface area contributed by atoms with E-state index in [1.165, 1.54) is 12.8 Å². The van der Waals surface area contributed by atoms with E-state index in [-0.39, 0.29) is 23.1 Å². The molecular formula is C15H32N2O3S. The van der Waals surface area contributed by atoms with E-state index in [9.17, 15) is 8.42 Å². The van der Waals surface area contributed by atoms with E-state index in [1.807, 2.05) is 6.92 Å². The summed E-state index contributed by atoms with van der Waals surface area (Å²) >= 11 is 0. The predicted molar refractivity (Wildman–Crippen MR) is 86.7 cm³/mol. The van der Waals surface area contributed by atoms with Gasteiger partial charge in [0.2, 0.25) is 0 Å². The minimum Gasteiger partial charge on any atom is -0.374 e. The van der Waals surface area contributed by atoms with E-state index in [4.69, 9.17) is 10.6 Å². The smallest absolute Gasteiger partial charge is 0.150 e. The Kier molecular flexibility index (Phi) is 8.16. The average Bonchev–Trinajstić information content (AvgIpc) is 2.70. The first-order valence-electron chi connectivity index (χ1n) is 8.30. The molecule has 0 bridgehead atoms. The van der Waals surface area contributed by atoms with Crippen molar-refractivity contribution in [1.29, 1.82) is 0 Å². The van der Waals surface area contributed by atoms with Gasteiger partial charge in [0.25, 0.3) is 0 Å². The number of sulfone groups is 1. The zero-order chi connectivity index (χ0) is 15.8. The van der Waals surface area contributed by atoms with Gasteiger partial charge in [-0.15, -0.1) is 0 Å². The van der Waals surface area contributed by atoms with Gasteiger partial charge in [0.1, 0.15) is 9.84 Å². The van der Waals surface area contributed by atoms with Gasteiger partial charge in [0, 0.05) is 12.4 Å². The number of hydrogen-bond donors (Lipinski definition) is 2. The highest BCUT2D eigenvalue weighted by Gasteiger charge is 2.39. The van der Waals surface area contributed by atoms with Crippen LogP contribution in [0.2, 0.25) is 0 Å². The van der Waals surface area contributed by atoms with E-state index in [0.717, 1.165) is 32.1 Å². The maximum absolute atomic E-state index is 11.6. The molecule has 1 unspecified atom stereocenters. The highest BCUT2D eigenvalue weighted by molar-refractivity contribution is 7.91. The second-order valence-electron chi connectivity index (χ2n) is 6.01. The van der Waals surface area contributed by atoms with Crippen molar-refractivity contribution in [1.82, 2.24) is 5.43 Å². The zero-order valence-electron chi connectivity index (χ0n) is 13.6. The van der Waals surface area contributed by atoms with E-state index in [0.29, 0.717) is 13.0 Å². The molecule has 0 aromatic carbocycles. The molecule has 3 N–H and O–H groups in total. The van der Waals surface area contributed by atoms with Crippen molar-refractivity contribution in [3.63, 3.8) is 0 Å². The Bertz CT molecular complexity index is 376. The quantitative estimate of drug-likeness (QED) is 0.386. The van der Waals surface area contributed by atoms with Crippen LogP contribution in [0.3, 0.4) is 0 Å². The van der Waals surface area contributed by atoms with Gasteiger partial charge in [-0.3, -0.25) is 11.3 Å². The van der Waals surface area contributed by atoms with Crippen molar-refractivity contribution in [3.8, 4) is 0 Å². The summed E-state index contributed by atoms with van der Waals surface area (Å²) in [5, 5.41) is 0. The summed E-state index contributed by atoms with van der Waals surface area (Å²) in [5.41, 5.74) is 2.68. The molecule has 1 atom stereocenters. The molecule has 0 aliphatic heterocycles. The number of hydrogen-bond acceptors (Lipinski definition) is 5. The Morgan fingerprint density at radius 2 is 1.81 bits per heavy atom. The summed E-state index contributed by atoms with van der Waals surface area (Å²) in [5.74, 6) is 6.23. The topological polar surface area (TPSA) is 81.4 Å². The largest absolute Gasteiger partial charge is 0.374 e. The van der Waals surface area contributed by atoms with Crippen LogP contribution >= 0.6 is 0 Å². The van der Waals surface area contributed by atoms with Gasteiger partial charge in [0.05, 0.1) is 17.4 Å². The van der Waals surface area contributed by atoms with Gasteiger partial charge in [0.15, 0.2) is 0 Å². The molecule has 0 amide bonds. The van der Waals surface area contributed by atoms with E-state index in [1.54, 1.807) is 6.92 Å². The van der Waals surface area contributed by atoms with Crippen molar-refractivity contribution < 1.29 is 13.2 Å². The number of hydrazine groups is 1. The Morgan fingerprint density at radius 1 is 1.19 bits per heavy atom. The lowest BCUT2D eigenvalue weighted by molar-refractivity contribution is -0.0787. The predicted octanol–water partition coefficient (Wildman–Crippen LogP) is 2.16. The standard InChI is InChI=1S/C15H32N2O3S/c1-3-20-15(11-7-5-6-8-12-15)14(17-16)10-9-13-21(18,19)4-2/h14,17H,3-13,16H2,1-2H3. The second kappa shape index (κ2) is 9.08. The van der Waals surface area contributed by atoms with Crippen molar-refractivity contribution in [2.45, 2.75) is 76.9 Å². The second-order valence-corrected chi connectivity index (χ2v) is 8.48. The molecule has 1 rings (SSSR count). The molecule has 6 heteroatoms. The van der Waals surface area contributed by atoms with Crippen LogP contribution in [0.15, 0.2) is 0 Å². The summed E-state index contributed by atoms with van der Waals surface area (Å²) in [6, 6.07) is 0.0302. The number of nitrogens with two attached hydrogens (primary N) is 1. The fourth-order valence-electron chi connectivity index (χ4n) is 3.36. The van der Waals surface area contributed by atoms with Crippen molar-refractivity contribution in [2.24, 2.45) is 5.84 Å². The van der Waals surface area contributed by atoms with Crippen molar-refractivity contribution in [2.75, 3.05) is 18.1 Å². The number of ether oxygens (including phenoxy) is 1. The fraction of sp³-hybridized carbons (Fsp3) is 1.00. The molecule has 0 saturated heterocycles. The summed E-state index contributed by atoms with van der Waals surface area (Å²) in [6.45, 7) is 4.38. The van der Waals surface area contributed by atoms with Gasteiger partial charge < -0.3 is 4.74 Å². The van der Waals surface area contributed by atoms with Crippen LogP contribution in [-0.4, -0.2) is 38.2 Å². The fourth-order valence-corrected chi connectivity index (χ4v) is 4.25. The molecule has 5 nitrogen and oxygen atoms in total. The van der Waals surface area contributed by atoms with Crippen LogP contribution in [0, 0.1) is 0 Å². The first-order chi connectivity index (χ1) is 9.99. The lowest BCUT2D eigenvalue weighted by atomic mass is 9.84. The first-order valence-corrected chi connectivity index (χ1v) is 10.1. The van der Waals surface area contributed by atoms with Crippen molar-refractivity contribution >= 4 is 9.84 Å². The normalized spacial score (nSPS) is 20.9. The molecule has 1 fully saturated rings. The van der Waals surface area contributed by atoms with E-state index < -0.39 is 9.84 Å². The third kappa shape index (κ3) is 5.85. The van der Waals surface area contributed by atoms with Crippen molar-refractivity contribution in [3.05, 3.63) is 0 Å². The summed E-state index contributed by atoms with van der Waals surface area (Å²) in [7, 11) is -2.90. The molecule has 1 saturated carbocycles. The van der Waals surface area contributed by atoms with Crippen LogP contribution in [0.5, 0.6) is 0 Å². The lowest BCUT2D eigenvalue weighted by Gasteiger charge is -2.40. The summed E-state index contributed by atoms with van der Waals surface area (Å²) in [4.78, 5) is 0. The molecule has 0 aromatic heterocycles. The SMILES string of the molecule is CCOC1(C(CCCS(=O)(=O)CC)NN)CCCCCC1. The van der Waals surface area contributed by atoms with Gasteiger partial charge in [-0.1, -0.05) is 32.6 Å². The van der Waals surface area contributed by atoms with Gasteiger partial charge >= 0.3 is 0 Å². The van der Waals surface area contributed by atoms with Gasteiger partial charge in [-0.2, -0.15) is 0 Å². The molecule has 126 valence electrons. The highest BCUT2D eigenvalue weighted by atomic mass is 32.2. The van der Waals surface area contributed by atoms with Crippen LogP contribution in [0.1, 0.15) is 65.2 Å².